The minimum Gasteiger partial charge on any atom is -0.298 e. The predicted molar refractivity (Wildman–Crippen MR) is 80.4 cm³/mol. The molecule has 2 aliphatic carbocycles. The maximum absolute atomic E-state index is 9.83. The third kappa shape index (κ3) is 2.86. The molecule has 112 valence electrons. The van der Waals surface area contributed by atoms with Gasteiger partial charge in [0.25, 0.3) is 0 Å². The van der Waals surface area contributed by atoms with Crippen molar-refractivity contribution in [3.8, 4) is 6.07 Å². The van der Waals surface area contributed by atoms with Crippen LogP contribution in [0.1, 0.15) is 39.5 Å². The Balaban J connectivity index is 1.68. The van der Waals surface area contributed by atoms with Crippen molar-refractivity contribution in [2.24, 2.45) is 5.92 Å². The first-order valence-electron chi connectivity index (χ1n) is 8.17. The van der Waals surface area contributed by atoms with E-state index in [9.17, 15) is 5.26 Å². The van der Waals surface area contributed by atoms with E-state index in [0.29, 0.717) is 24.0 Å². The number of rotatable bonds is 5. The van der Waals surface area contributed by atoms with Crippen LogP contribution in [0.5, 0.6) is 0 Å². The lowest BCUT2D eigenvalue weighted by molar-refractivity contribution is 0.0450. The number of hydrogen-bond donors (Lipinski definition) is 1. The van der Waals surface area contributed by atoms with Crippen LogP contribution in [-0.2, 0) is 0 Å². The molecule has 0 amide bonds. The summed E-state index contributed by atoms with van der Waals surface area (Å²) in [5.74, 6) is 0.582. The van der Waals surface area contributed by atoms with Crippen LogP contribution in [0.3, 0.4) is 0 Å². The number of hydrogen-bond acceptors (Lipinski definition) is 4. The zero-order valence-corrected chi connectivity index (χ0v) is 13.1. The summed E-state index contributed by atoms with van der Waals surface area (Å²) in [4.78, 5) is 4.97. The summed E-state index contributed by atoms with van der Waals surface area (Å²) in [7, 11) is 2.22. The van der Waals surface area contributed by atoms with Crippen LogP contribution in [0, 0.1) is 17.2 Å². The maximum atomic E-state index is 9.83. The van der Waals surface area contributed by atoms with Crippen LogP contribution in [0.15, 0.2) is 0 Å². The second-order valence-corrected chi connectivity index (χ2v) is 7.33. The van der Waals surface area contributed by atoms with Gasteiger partial charge in [0.2, 0.25) is 0 Å². The zero-order chi connectivity index (χ0) is 14.3. The third-order valence-electron chi connectivity index (χ3n) is 5.42. The summed E-state index contributed by atoms with van der Waals surface area (Å²) in [5, 5.41) is 13.5. The Hall–Kier alpha value is -0.630. The third-order valence-corrected chi connectivity index (χ3v) is 5.42. The molecule has 0 aromatic carbocycles. The fourth-order valence-corrected chi connectivity index (χ4v) is 3.62. The van der Waals surface area contributed by atoms with Crippen LogP contribution in [0.4, 0.5) is 0 Å². The second kappa shape index (κ2) is 5.29. The Labute approximate surface area is 123 Å². The molecule has 3 rings (SSSR count). The molecular formula is C16H28N4. The highest BCUT2D eigenvalue weighted by Crippen LogP contribution is 2.42. The molecule has 1 N–H and O–H groups in total. The van der Waals surface area contributed by atoms with E-state index >= 15 is 0 Å². The smallest absolute Gasteiger partial charge is 0.122 e. The zero-order valence-electron chi connectivity index (χ0n) is 13.1. The van der Waals surface area contributed by atoms with Gasteiger partial charge in [0.1, 0.15) is 5.54 Å². The highest BCUT2D eigenvalue weighted by molar-refractivity contribution is 5.19. The molecule has 3 aliphatic rings. The maximum Gasteiger partial charge on any atom is 0.122 e. The van der Waals surface area contributed by atoms with Crippen molar-refractivity contribution < 1.29 is 0 Å². The Kier molecular flexibility index (Phi) is 3.79. The molecular weight excluding hydrogens is 248 g/mol. The Morgan fingerprint density at radius 3 is 2.20 bits per heavy atom. The van der Waals surface area contributed by atoms with Crippen molar-refractivity contribution in [2.75, 3.05) is 26.7 Å². The van der Waals surface area contributed by atoms with Crippen LogP contribution >= 0.6 is 0 Å². The standard InChI is InChI=1S/C16H28N4/c1-12-8-20(9-13(2)19(12)3)11-16(10-17,14-4-5-14)18-15-6-7-15/h12-15,18H,4-9,11H2,1-3H3. The number of likely N-dealkylation sites (N-methyl/N-ethyl adjacent to an activating group) is 1. The van der Waals surface area contributed by atoms with Gasteiger partial charge in [-0.05, 0) is 52.5 Å². The lowest BCUT2D eigenvalue weighted by atomic mass is 9.92. The molecule has 1 aliphatic heterocycles. The summed E-state index contributed by atoms with van der Waals surface area (Å²) in [5.41, 5.74) is -0.281. The molecule has 3 atom stereocenters. The van der Waals surface area contributed by atoms with Gasteiger partial charge < -0.3 is 0 Å². The van der Waals surface area contributed by atoms with Crippen molar-refractivity contribution in [1.82, 2.24) is 15.1 Å². The molecule has 0 aromatic heterocycles. The van der Waals surface area contributed by atoms with E-state index in [1.165, 1.54) is 25.7 Å². The van der Waals surface area contributed by atoms with E-state index in [1.807, 2.05) is 0 Å². The molecule has 3 unspecified atom stereocenters. The van der Waals surface area contributed by atoms with Gasteiger partial charge in [-0.1, -0.05) is 0 Å². The van der Waals surface area contributed by atoms with Gasteiger partial charge in [0.05, 0.1) is 6.07 Å². The monoisotopic (exact) mass is 276 g/mol. The minimum atomic E-state index is -0.281. The first kappa shape index (κ1) is 14.3. The van der Waals surface area contributed by atoms with Crippen LogP contribution in [0.25, 0.3) is 0 Å². The van der Waals surface area contributed by atoms with Gasteiger partial charge >= 0.3 is 0 Å². The number of piperazine rings is 1. The lowest BCUT2D eigenvalue weighted by Gasteiger charge is -2.45. The Morgan fingerprint density at radius 2 is 1.75 bits per heavy atom. The number of nitrogens with one attached hydrogen (secondary N) is 1. The Bertz CT molecular complexity index is 384. The predicted octanol–water partition coefficient (Wildman–Crippen LogP) is 1.44. The normalized spacial score (nSPS) is 35.5. The minimum absolute atomic E-state index is 0.281. The first-order valence-corrected chi connectivity index (χ1v) is 8.17. The molecule has 0 aromatic rings. The van der Waals surface area contributed by atoms with E-state index in [4.69, 9.17) is 0 Å². The average molecular weight is 276 g/mol. The number of nitriles is 1. The first-order chi connectivity index (χ1) is 9.54. The Morgan fingerprint density at radius 1 is 1.15 bits per heavy atom. The molecule has 0 spiro atoms. The highest BCUT2D eigenvalue weighted by Gasteiger charge is 2.49. The van der Waals surface area contributed by atoms with E-state index in [2.05, 4.69) is 42.1 Å². The summed E-state index contributed by atoms with van der Waals surface area (Å²) >= 11 is 0. The molecule has 20 heavy (non-hydrogen) atoms. The van der Waals surface area contributed by atoms with E-state index in [1.54, 1.807) is 0 Å². The lowest BCUT2D eigenvalue weighted by Crippen LogP contribution is -2.61. The fraction of sp³-hybridized carbons (Fsp3) is 0.938. The largest absolute Gasteiger partial charge is 0.298 e. The molecule has 4 nitrogen and oxygen atoms in total. The van der Waals surface area contributed by atoms with Crippen molar-refractivity contribution in [3.05, 3.63) is 0 Å². The van der Waals surface area contributed by atoms with Crippen molar-refractivity contribution in [3.63, 3.8) is 0 Å². The van der Waals surface area contributed by atoms with Crippen molar-refractivity contribution in [2.45, 2.75) is 63.2 Å². The van der Waals surface area contributed by atoms with Gasteiger partial charge in [-0.25, -0.2) is 0 Å². The summed E-state index contributed by atoms with van der Waals surface area (Å²) in [6.07, 6.45) is 4.97. The quantitative estimate of drug-likeness (QED) is 0.825. The average Bonchev–Trinajstić information content (AvgIpc) is 3.26. The summed E-state index contributed by atoms with van der Waals surface area (Å²) in [6.45, 7) is 7.67. The van der Waals surface area contributed by atoms with Crippen molar-refractivity contribution in [1.29, 1.82) is 5.26 Å². The fourth-order valence-electron chi connectivity index (χ4n) is 3.62. The van der Waals surface area contributed by atoms with E-state index in [0.717, 1.165) is 19.6 Å². The SMILES string of the molecule is CC1CN(CC(C#N)(NC2CC2)C2CC2)CC(C)N1C. The molecule has 2 saturated carbocycles. The molecule has 1 heterocycles. The molecule has 1 saturated heterocycles. The van der Waals surface area contributed by atoms with Gasteiger partial charge in [-0.15, -0.1) is 0 Å². The summed E-state index contributed by atoms with van der Waals surface area (Å²) < 4.78 is 0. The highest BCUT2D eigenvalue weighted by atomic mass is 15.3. The van der Waals surface area contributed by atoms with E-state index < -0.39 is 0 Å². The van der Waals surface area contributed by atoms with Gasteiger partial charge in [-0.3, -0.25) is 15.1 Å². The second-order valence-electron chi connectivity index (χ2n) is 7.33. The van der Waals surface area contributed by atoms with Gasteiger partial charge in [-0.2, -0.15) is 5.26 Å². The molecule has 0 radical (unpaired) electrons. The van der Waals surface area contributed by atoms with E-state index in [-0.39, 0.29) is 5.54 Å². The van der Waals surface area contributed by atoms with Gasteiger partial charge in [0.15, 0.2) is 0 Å². The number of nitrogens with zero attached hydrogens (tertiary/aromatic N) is 3. The van der Waals surface area contributed by atoms with Crippen LogP contribution in [0.2, 0.25) is 0 Å². The van der Waals surface area contributed by atoms with Crippen LogP contribution in [-0.4, -0.2) is 60.1 Å². The van der Waals surface area contributed by atoms with Crippen molar-refractivity contribution >= 4 is 0 Å². The summed E-state index contributed by atoms with van der Waals surface area (Å²) in [6, 6.07) is 4.44. The topological polar surface area (TPSA) is 42.3 Å². The van der Waals surface area contributed by atoms with Gasteiger partial charge in [0, 0.05) is 37.8 Å². The molecule has 4 heteroatoms. The molecule has 3 fully saturated rings. The van der Waals surface area contributed by atoms with Crippen LogP contribution < -0.4 is 5.32 Å². The molecule has 0 bridgehead atoms.